The van der Waals surface area contributed by atoms with Crippen LogP contribution in [0.25, 0.3) is 0 Å². The third kappa shape index (κ3) is 2.86. The van der Waals surface area contributed by atoms with Crippen LogP contribution in [0.1, 0.15) is 32.1 Å². The molecule has 1 saturated carbocycles. The van der Waals surface area contributed by atoms with Crippen molar-refractivity contribution in [2.75, 3.05) is 11.4 Å². The van der Waals surface area contributed by atoms with Crippen molar-refractivity contribution in [1.29, 1.82) is 0 Å². The second-order valence-corrected chi connectivity index (χ2v) is 5.77. The smallest absolute Gasteiger partial charge is 0.346 e. The van der Waals surface area contributed by atoms with Gasteiger partial charge < -0.3 is 14.7 Å². The Hall–Kier alpha value is -2.04. The first kappa shape index (κ1) is 13.9. The number of carbonyl (C=O) groups excluding carboxylic acids is 1. The SMILES string of the molecule is O=C(O)C1CN(C(=O)CC2CCCC2)c2ccccc2O1. The van der Waals surface area contributed by atoms with Gasteiger partial charge in [-0.2, -0.15) is 0 Å². The lowest BCUT2D eigenvalue weighted by Crippen LogP contribution is -2.47. The number of carboxylic acid groups (broad SMARTS) is 1. The van der Waals surface area contributed by atoms with Crippen LogP contribution in [0.2, 0.25) is 0 Å². The number of rotatable bonds is 3. The fourth-order valence-electron chi connectivity index (χ4n) is 3.17. The molecule has 0 saturated heterocycles. The van der Waals surface area contributed by atoms with Crippen molar-refractivity contribution in [2.45, 2.75) is 38.2 Å². The number of fused-ring (bicyclic) bond motifs is 1. The molecule has 1 atom stereocenters. The zero-order chi connectivity index (χ0) is 14.8. The zero-order valence-electron chi connectivity index (χ0n) is 11.8. The van der Waals surface area contributed by atoms with Crippen LogP contribution in [-0.4, -0.2) is 29.6 Å². The summed E-state index contributed by atoms with van der Waals surface area (Å²) in [4.78, 5) is 25.4. The van der Waals surface area contributed by atoms with Gasteiger partial charge in [0, 0.05) is 6.42 Å². The van der Waals surface area contributed by atoms with E-state index in [1.54, 1.807) is 23.1 Å². The van der Waals surface area contributed by atoms with E-state index in [-0.39, 0.29) is 12.5 Å². The van der Waals surface area contributed by atoms with E-state index >= 15 is 0 Å². The molecule has 1 N–H and O–H groups in total. The topological polar surface area (TPSA) is 66.8 Å². The molecule has 1 fully saturated rings. The van der Waals surface area contributed by atoms with E-state index in [0.29, 0.717) is 23.8 Å². The molecule has 5 heteroatoms. The van der Waals surface area contributed by atoms with Crippen LogP contribution < -0.4 is 9.64 Å². The molecule has 1 unspecified atom stereocenters. The number of anilines is 1. The predicted molar refractivity (Wildman–Crippen MR) is 77.4 cm³/mol. The van der Waals surface area contributed by atoms with Crippen molar-refractivity contribution in [3.63, 3.8) is 0 Å². The van der Waals surface area contributed by atoms with Crippen LogP contribution >= 0.6 is 0 Å². The van der Waals surface area contributed by atoms with Crippen LogP contribution in [-0.2, 0) is 9.59 Å². The molecule has 0 bridgehead atoms. The van der Waals surface area contributed by atoms with Gasteiger partial charge >= 0.3 is 5.97 Å². The quantitative estimate of drug-likeness (QED) is 0.928. The Morgan fingerprint density at radius 1 is 1.24 bits per heavy atom. The number of nitrogens with zero attached hydrogens (tertiary/aromatic N) is 1. The van der Waals surface area contributed by atoms with E-state index in [0.717, 1.165) is 12.8 Å². The molecule has 5 nitrogen and oxygen atoms in total. The summed E-state index contributed by atoms with van der Waals surface area (Å²) >= 11 is 0. The molecule has 0 radical (unpaired) electrons. The number of hydrogen-bond acceptors (Lipinski definition) is 3. The highest BCUT2D eigenvalue weighted by Gasteiger charge is 2.34. The maximum Gasteiger partial charge on any atom is 0.346 e. The summed E-state index contributed by atoms with van der Waals surface area (Å²) in [7, 11) is 0. The molecule has 2 aliphatic rings. The van der Waals surface area contributed by atoms with E-state index < -0.39 is 12.1 Å². The number of ether oxygens (including phenoxy) is 1. The lowest BCUT2D eigenvalue weighted by molar-refractivity contribution is -0.145. The second-order valence-electron chi connectivity index (χ2n) is 5.77. The standard InChI is InChI=1S/C16H19NO4/c18-15(9-11-5-1-2-6-11)17-10-14(16(19)20)21-13-8-4-3-7-12(13)17/h3-4,7-8,11,14H,1-2,5-6,9-10H2,(H,19,20). The van der Waals surface area contributed by atoms with Gasteiger partial charge in [0.2, 0.25) is 12.0 Å². The van der Waals surface area contributed by atoms with Crippen LogP contribution in [0.5, 0.6) is 5.75 Å². The summed E-state index contributed by atoms with van der Waals surface area (Å²) < 4.78 is 5.45. The summed E-state index contributed by atoms with van der Waals surface area (Å²) in [5, 5.41) is 9.18. The molecule has 1 aliphatic heterocycles. The summed E-state index contributed by atoms with van der Waals surface area (Å²) in [6.07, 6.45) is 4.08. The first-order valence-electron chi connectivity index (χ1n) is 7.44. The van der Waals surface area contributed by atoms with Gasteiger partial charge in [-0.25, -0.2) is 4.79 Å². The predicted octanol–water partition coefficient (Wildman–Crippen LogP) is 2.45. The molecule has 1 heterocycles. The maximum atomic E-state index is 12.6. The Kier molecular flexibility index (Phi) is 3.82. The van der Waals surface area contributed by atoms with Gasteiger partial charge in [-0.3, -0.25) is 4.79 Å². The minimum Gasteiger partial charge on any atom is -0.478 e. The van der Waals surface area contributed by atoms with Gasteiger partial charge in [-0.05, 0) is 30.9 Å². The van der Waals surface area contributed by atoms with Crippen molar-refractivity contribution in [3.8, 4) is 5.75 Å². The Morgan fingerprint density at radius 2 is 1.95 bits per heavy atom. The van der Waals surface area contributed by atoms with E-state index in [4.69, 9.17) is 4.74 Å². The zero-order valence-corrected chi connectivity index (χ0v) is 11.8. The van der Waals surface area contributed by atoms with Crippen molar-refractivity contribution < 1.29 is 19.4 Å². The van der Waals surface area contributed by atoms with E-state index in [9.17, 15) is 14.7 Å². The fraction of sp³-hybridized carbons (Fsp3) is 0.500. The molecule has 1 amide bonds. The lowest BCUT2D eigenvalue weighted by atomic mass is 10.0. The highest BCUT2D eigenvalue weighted by atomic mass is 16.5. The summed E-state index contributed by atoms with van der Waals surface area (Å²) in [6, 6.07) is 7.13. The van der Waals surface area contributed by atoms with Gasteiger partial charge in [0.15, 0.2) is 0 Å². The van der Waals surface area contributed by atoms with Crippen LogP contribution in [0.4, 0.5) is 5.69 Å². The minimum absolute atomic E-state index is 0.00361. The molecule has 0 spiro atoms. The number of carbonyl (C=O) groups is 2. The summed E-state index contributed by atoms with van der Waals surface area (Å²) in [6.45, 7) is 0.0812. The molecule has 1 aromatic rings. The Morgan fingerprint density at radius 3 is 2.67 bits per heavy atom. The third-order valence-electron chi connectivity index (χ3n) is 4.29. The highest BCUT2D eigenvalue weighted by Crippen LogP contribution is 2.35. The Labute approximate surface area is 123 Å². The van der Waals surface area contributed by atoms with E-state index in [1.165, 1.54) is 12.8 Å². The van der Waals surface area contributed by atoms with Gasteiger partial charge in [0.05, 0.1) is 12.2 Å². The molecule has 1 aliphatic carbocycles. The average Bonchev–Trinajstić information content (AvgIpc) is 2.98. The van der Waals surface area contributed by atoms with Crippen LogP contribution in [0, 0.1) is 5.92 Å². The first-order chi connectivity index (χ1) is 10.1. The van der Waals surface area contributed by atoms with Crippen LogP contribution in [0.15, 0.2) is 24.3 Å². The van der Waals surface area contributed by atoms with Gasteiger partial charge in [0.1, 0.15) is 5.75 Å². The molecule has 1 aromatic carbocycles. The van der Waals surface area contributed by atoms with Crippen molar-refractivity contribution >= 4 is 17.6 Å². The van der Waals surface area contributed by atoms with E-state index in [2.05, 4.69) is 0 Å². The second kappa shape index (κ2) is 5.76. The highest BCUT2D eigenvalue weighted by molar-refractivity contribution is 5.96. The molecule has 3 rings (SSSR count). The normalized spacial score (nSPS) is 21.7. The van der Waals surface area contributed by atoms with Crippen molar-refractivity contribution in [3.05, 3.63) is 24.3 Å². The van der Waals surface area contributed by atoms with Crippen LogP contribution in [0.3, 0.4) is 0 Å². The molecular weight excluding hydrogens is 270 g/mol. The monoisotopic (exact) mass is 289 g/mol. The van der Waals surface area contributed by atoms with Crippen molar-refractivity contribution in [1.82, 2.24) is 0 Å². The number of carboxylic acids is 1. The Bertz CT molecular complexity index is 551. The van der Waals surface area contributed by atoms with Crippen molar-refractivity contribution in [2.24, 2.45) is 5.92 Å². The molecular formula is C16H19NO4. The van der Waals surface area contributed by atoms with Gasteiger partial charge in [-0.1, -0.05) is 25.0 Å². The fourth-order valence-corrected chi connectivity index (χ4v) is 3.17. The first-order valence-corrected chi connectivity index (χ1v) is 7.44. The summed E-state index contributed by atoms with van der Waals surface area (Å²) in [5.74, 6) is -0.126. The minimum atomic E-state index is -1.04. The molecule has 112 valence electrons. The number of hydrogen-bond donors (Lipinski definition) is 1. The summed E-state index contributed by atoms with van der Waals surface area (Å²) in [5.41, 5.74) is 0.679. The molecule has 0 aromatic heterocycles. The number of para-hydroxylation sites is 2. The molecule has 21 heavy (non-hydrogen) atoms. The Balaban J connectivity index is 1.81. The largest absolute Gasteiger partial charge is 0.478 e. The lowest BCUT2D eigenvalue weighted by Gasteiger charge is -2.33. The van der Waals surface area contributed by atoms with Gasteiger partial charge in [0.25, 0.3) is 0 Å². The number of amides is 1. The average molecular weight is 289 g/mol. The number of benzene rings is 1. The third-order valence-corrected chi connectivity index (χ3v) is 4.29. The van der Waals surface area contributed by atoms with Gasteiger partial charge in [-0.15, -0.1) is 0 Å². The maximum absolute atomic E-state index is 12.6. The number of aliphatic carboxylic acids is 1. The van der Waals surface area contributed by atoms with E-state index in [1.807, 2.05) is 6.07 Å².